The predicted octanol–water partition coefficient (Wildman–Crippen LogP) is 1.33. The molecule has 0 fully saturated rings. The van der Waals surface area contributed by atoms with Crippen molar-refractivity contribution >= 4 is 29.9 Å². The normalized spacial score (nSPS) is 12.4. The fraction of sp³-hybridized carbons (Fsp3) is 0.429. The average molecular weight is 298 g/mol. The topological polar surface area (TPSA) is 70.2 Å². The van der Waals surface area contributed by atoms with E-state index < -0.39 is 0 Å². The van der Waals surface area contributed by atoms with Gasteiger partial charge in [-0.1, -0.05) is 6.07 Å². The Balaban J connectivity index is 0.00000200. The highest BCUT2D eigenvalue weighted by atomic mass is 35.5. The third kappa shape index (κ3) is 4.13. The predicted molar refractivity (Wildman–Crippen MR) is 81.5 cm³/mol. The van der Waals surface area contributed by atoms with Gasteiger partial charge in [-0.25, -0.2) is 0 Å². The maximum atomic E-state index is 12.1. The number of halogens is 1. The Kier molecular flexibility index (Phi) is 6.31. The van der Waals surface area contributed by atoms with Crippen molar-refractivity contribution < 1.29 is 9.59 Å². The molecule has 0 unspecified atom stereocenters. The summed E-state index contributed by atoms with van der Waals surface area (Å²) >= 11 is 0. The van der Waals surface area contributed by atoms with Crippen LogP contribution in [0.4, 0.5) is 5.69 Å². The highest BCUT2D eigenvalue weighted by Gasteiger charge is 2.16. The van der Waals surface area contributed by atoms with Crippen LogP contribution in [0.5, 0.6) is 0 Å². The molecule has 0 spiro atoms. The summed E-state index contributed by atoms with van der Waals surface area (Å²) in [4.78, 5) is 22.8. The van der Waals surface area contributed by atoms with Crippen LogP contribution in [0.1, 0.15) is 29.3 Å². The van der Waals surface area contributed by atoms with Gasteiger partial charge in [0.15, 0.2) is 0 Å². The number of hydrogen-bond donors (Lipinski definition) is 3. The number of carbonyl (C=O) groups excluding carboxylic acids is 2. The zero-order valence-electron chi connectivity index (χ0n) is 11.5. The minimum atomic E-state index is -0.0875. The summed E-state index contributed by atoms with van der Waals surface area (Å²) in [5, 5.41) is 8.77. The van der Waals surface area contributed by atoms with E-state index in [0.29, 0.717) is 13.1 Å². The highest BCUT2D eigenvalue weighted by molar-refractivity contribution is 5.97. The molecule has 20 heavy (non-hydrogen) atoms. The van der Waals surface area contributed by atoms with E-state index in [0.717, 1.165) is 36.2 Å². The van der Waals surface area contributed by atoms with Gasteiger partial charge in [0.1, 0.15) is 0 Å². The molecule has 5 nitrogen and oxygen atoms in total. The number of benzene rings is 1. The quantitative estimate of drug-likeness (QED) is 0.734. The van der Waals surface area contributed by atoms with Crippen molar-refractivity contribution in [3.05, 3.63) is 29.3 Å². The Labute approximate surface area is 124 Å². The van der Waals surface area contributed by atoms with Crippen LogP contribution in [0.25, 0.3) is 0 Å². The Hall–Kier alpha value is -1.75. The fourth-order valence-electron chi connectivity index (χ4n) is 2.23. The second-order valence-corrected chi connectivity index (χ2v) is 4.60. The van der Waals surface area contributed by atoms with Crippen LogP contribution in [0.2, 0.25) is 0 Å². The van der Waals surface area contributed by atoms with Crippen molar-refractivity contribution in [2.75, 3.05) is 25.0 Å². The minimum Gasteiger partial charge on any atom is -0.385 e. The summed E-state index contributed by atoms with van der Waals surface area (Å²) in [6.45, 7) is 3.31. The second-order valence-electron chi connectivity index (χ2n) is 4.60. The van der Waals surface area contributed by atoms with E-state index in [2.05, 4.69) is 16.0 Å². The van der Waals surface area contributed by atoms with Gasteiger partial charge in [-0.05, 0) is 30.5 Å². The van der Waals surface area contributed by atoms with Crippen LogP contribution in [0.15, 0.2) is 18.2 Å². The molecular weight excluding hydrogens is 278 g/mol. The first-order chi connectivity index (χ1) is 9.18. The van der Waals surface area contributed by atoms with Gasteiger partial charge in [-0.2, -0.15) is 0 Å². The molecule has 1 aromatic carbocycles. The number of amides is 2. The lowest BCUT2D eigenvalue weighted by Gasteiger charge is -2.20. The molecule has 3 N–H and O–H groups in total. The lowest BCUT2D eigenvalue weighted by molar-refractivity contribution is -0.118. The summed E-state index contributed by atoms with van der Waals surface area (Å²) in [5.74, 6) is -0.165. The van der Waals surface area contributed by atoms with E-state index in [1.807, 2.05) is 18.2 Å². The maximum absolute atomic E-state index is 12.1. The molecule has 110 valence electrons. The molecule has 0 aliphatic carbocycles. The monoisotopic (exact) mass is 297 g/mol. The van der Waals surface area contributed by atoms with Crippen molar-refractivity contribution in [1.82, 2.24) is 10.6 Å². The van der Waals surface area contributed by atoms with Crippen molar-refractivity contribution in [1.29, 1.82) is 0 Å². The molecule has 0 aromatic heterocycles. The molecule has 0 bridgehead atoms. The first kappa shape index (κ1) is 16.3. The molecule has 0 saturated carbocycles. The lowest BCUT2D eigenvalue weighted by Crippen LogP contribution is -2.34. The molecule has 0 saturated heterocycles. The van der Waals surface area contributed by atoms with Gasteiger partial charge >= 0.3 is 0 Å². The van der Waals surface area contributed by atoms with E-state index in [1.54, 1.807) is 0 Å². The number of carbonyl (C=O) groups is 2. The Morgan fingerprint density at radius 1 is 1.25 bits per heavy atom. The third-order valence-corrected chi connectivity index (χ3v) is 3.12. The molecule has 1 heterocycles. The van der Waals surface area contributed by atoms with Gasteiger partial charge in [0.2, 0.25) is 5.91 Å². The number of hydrogen-bond acceptors (Lipinski definition) is 3. The minimum absolute atomic E-state index is 0. The molecule has 1 aliphatic heterocycles. The molecule has 1 aromatic rings. The Morgan fingerprint density at radius 2 is 2.00 bits per heavy atom. The highest BCUT2D eigenvalue weighted by Crippen LogP contribution is 2.25. The van der Waals surface area contributed by atoms with Gasteiger partial charge in [-0.15, -0.1) is 12.4 Å². The van der Waals surface area contributed by atoms with E-state index in [-0.39, 0.29) is 24.2 Å². The largest absolute Gasteiger partial charge is 0.385 e. The summed E-state index contributed by atoms with van der Waals surface area (Å²) < 4.78 is 0. The van der Waals surface area contributed by atoms with Gasteiger partial charge < -0.3 is 16.0 Å². The van der Waals surface area contributed by atoms with Crippen molar-refractivity contribution in [3.63, 3.8) is 0 Å². The molecule has 0 atom stereocenters. The molecule has 6 heteroatoms. The molecular formula is C14H20ClN3O2. The second kappa shape index (κ2) is 7.75. The maximum Gasteiger partial charge on any atom is 0.251 e. The molecule has 2 rings (SSSR count). The Morgan fingerprint density at radius 3 is 2.75 bits per heavy atom. The fourth-order valence-corrected chi connectivity index (χ4v) is 2.23. The van der Waals surface area contributed by atoms with E-state index in [1.165, 1.54) is 6.92 Å². The van der Waals surface area contributed by atoms with E-state index >= 15 is 0 Å². The molecule has 0 radical (unpaired) electrons. The summed E-state index contributed by atoms with van der Waals surface area (Å²) in [6, 6.07) is 5.74. The number of anilines is 1. The number of rotatable bonds is 4. The molecule has 2 amide bonds. The summed E-state index contributed by atoms with van der Waals surface area (Å²) in [5.41, 5.74) is 2.87. The van der Waals surface area contributed by atoms with E-state index in [9.17, 15) is 9.59 Å². The van der Waals surface area contributed by atoms with Crippen molar-refractivity contribution in [2.45, 2.75) is 19.8 Å². The van der Waals surface area contributed by atoms with Crippen molar-refractivity contribution in [2.24, 2.45) is 0 Å². The molecule has 1 aliphatic rings. The standard InChI is InChI=1S/C14H19N3O2.ClH/c1-10(18)15-8-9-17-14(19)12-4-2-6-13-11(12)5-3-7-16-13;/h2,4,6,16H,3,5,7-9H2,1H3,(H,15,18)(H,17,19);1H. The van der Waals surface area contributed by atoms with Gasteiger partial charge in [0.05, 0.1) is 0 Å². The number of nitrogens with one attached hydrogen (secondary N) is 3. The number of fused-ring (bicyclic) bond motifs is 1. The zero-order valence-corrected chi connectivity index (χ0v) is 12.3. The van der Waals surface area contributed by atoms with Crippen LogP contribution in [0, 0.1) is 0 Å². The first-order valence-corrected chi connectivity index (χ1v) is 6.57. The van der Waals surface area contributed by atoms with Crippen LogP contribution < -0.4 is 16.0 Å². The van der Waals surface area contributed by atoms with Gasteiger partial charge in [-0.3, -0.25) is 9.59 Å². The summed E-state index contributed by atoms with van der Waals surface area (Å²) in [6.07, 6.45) is 1.97. The summed E-state index contributed by atoms with van der Waals surface area (Å²) in [7, 11) is 0. The smallest absolute Gasteiger partial charge is 0.251 e. The SMILES string of the molecule is CC(=O)NCCNC(=O)c1cccc2c1CCCN2.Cl. The first-order valence-electron chi connectivity index (χ1n) is 6.57. The third-order valence-electron chi connectivity index (χ3n) is 3.12. The van der Waals surface area contributed by atoms with Crippen molar-refractivity contribution in [3.8, 4) is 0 Å². The van der Waals surface area contributed by atoms with Crippen LogP contribution in [-0.4, -0.2) is 31.4 Å². The Bertz CT molecular complexity index is 491. The average Bonchev–Trinajstić information content (AvgIpc) is 2.42. The zero-order chi connectivity index (χ0) is 13.7. The van der Waals surface area contributed by atoms with E-state index in [4.69, 9.17) is 0 Å². The van der Waals surface area contributed by atoms with Crippen LogP contribution in [-0.2, 0) is 11.2 Å². The van der Waals surface area contributed by atoms with Gasteiger partial charge in [0.25, 0.3) is 5.91 Å². The van der Waals surface area contributed by atoms with Gasteiger partial charge in [0, 0.05) is 37.8 Å². The van der Waals surface area contributed by atoms with Crippen LogP contribution >= 0.6 is 12.4 Å². The lowest BCUT2D eigenvalue weighted by atomic mass is 9.97. The van der Waals surface area contributed by atoms with Crippen LogP contribution in [0.3, 0.4) is 0 Å².